The molecule has 0 saturated heterocycles. The maximum Gasteiger partial charge on any atom is 0.475 e. The minimum Gasteiger partial charge on any atom is -0.497 e. The lowest BCUT2D eigenvalue weighted by Crippen LogP contribution is -2.55. The Bertz CT molecular complexity index is 1200. The van der Waals surface area contributed by atoms with Crippen LogP contribution in [-0.2, 0) is 16.0 Å². The van der Waals surface area contributed by atoms with Gasteiger partial charge < -0.3 is 30.7 Å². The summed E-state index contributed by atoms with van der Waals surface area (Å²) in [5.41, 5.74) is 3.75. The molecule has 206 valence electrons. The molecule has 0 aliphatic heterocycles. The van der Waals surface area contributed by atoms with E-state index in [1.807, 2.05) is 92.7 Å². The third-order valence-electron chi connectivity index (χ3n) is 6.39. The molecule has 3 rings (SSSR count). The molecule has 3 aromatic carbocycles. The Labute approximate surface area is 230 Å². The van der Waals surface area contributed by atoms with Crippen LogP contribution in [-0.4, -0.2) is 54.1 Å². The molecule has 0 aliphatic carbocycles. The monoisotopic (exact) mass is 531 g/mol. The molecule has 3 aromatic rings. The van der Waals surface area contributed by atoms with Crippen LogP contribution in [0, 0.1) is 5.92 Å². The van der Waals surface area contributed by atoms with E-state index in [9.17, 15) is 19.6 Å². The number of anilines is 1. The van der Waals surface area contributed by atoms with Crippen LogP contribution in [0.1, 0.15) is 32.8 Å². The summed E-state index contributed by atoms with van der Waals surface area (Å²) in [6, 6.07) is 23.7. The van der Waals surface area contributed by atoms with E-state index in [1.54, 1.807) is 14.0 Å². The van der Waals surface area contributed by atoms with E-state index < -0.39 is 31.1 Å². The molecule has 0 aliphatic rings. The highest BCUT2D eigenvalue weighted by Crippen LogP contribution is 2.23. The van der Waals surface area contributed by atoms with E-state index in [0.29, 0.717) is 12.8 Å². The predicted molar refractivity (Wildman–Crippen MR) is 155 cm³/mol. The fourth-order valence-electron chi connectivity index (χ4n) is 4.28. The van der Waals surface area contributed by atoms with Crippen molar-refractivity contribution in [3.63, 3.8) is 0 Å². The first kappa shape index (κ1) is 29.7. The van der Waals surface area contributed by atoms with E-state index in [2.05, 4.69) is 16.0 Å². The van der Waals surface area contributed by atoms with Gasteiger partial charge in [0.15, 0.2) is 0 Å². The second-order valence-corrected chi connectivity index (χ2v) is 10.1. The first-order chi connectivity index (χ1) is 18.7. The number of hydrogen-bond acceptors (Lipinski definition) is 6. The van der Waals surface area contributed by atoms with Crippen molar-refractivity contribution in [3.8, 4) is 16.9 Å². The Morgan fingerprint density at radius 2 is 1.51 bits per heavy atom. The van der Waals surface area contributed by atoms with Gasteiger partial charge in [0.2, 0.25) is 11.8 Å². The molecular formula is C30H38BN3O5. The number of methoxy groups -OCH3 is 1. The normalized spacial score (nSPS) is 13.2. The Morgan fingerprint density at radius 1 is 0.846 bits per heavy atom. The predicted octanol–water partition coefficient (Wildman–Crippen LogP) is 3.43. The molecule has 3 atom stereocenters. The zero-order chi connectivity index (χ0) is 28.4. The van der Waals surface area contributed by atoms with Gasteiger partial charge in [0.05, 0.1) is 13.1 Å². The lowest BCUT2D eigenvalue weighted by molar-refractivity contribution is -0.129. The van der Waals surface area contributed by atoms with Gasteiger partial charge in [-0.15, -0.1) is 0 Å². The fraction of sp³-hybridized carbons (Fsp3) is 0.333. The van der Waals surface area contributed by atoms with Crippen molar-refractivity contribution >= 4 is 24.6 Å². The Hall–Kier alpha value is -3.82. The van der Waals surface area contributed by atoms with Crippen molar-refractivity contribution in [1.29, 1.82) is 0 Å². The van der Waals surface area contributed by atoms with Gasteiger partial charge in [-0.25, -0.2) is 0 Å². The van der Waals surface area contributed by atoms with Crippen LogP contribution in [0.15, 0.2) is 78.9 Å². The molecule has 0 heterocycles. The quantitative estimate of drug-likeness (QED) is 0.216. The highest BCUT2D eigenvalue weighted by atomic mass is 16.5. The maximum atomic E-state index is 13.5. The second-order valence-electron chi connectivity index (χ2n) is 10.1. The van der Waals surface area contributed by atoms with Gasteiger partial charge in [-0.05, 0) is 60.2 Å². The van der Waals surface area contributed by atoms with E-state index in [-0.39, 0.29) is 11.8 Å². The summed E-state index contributed by atoms with van der Waals surface area (Å²) in [7, 11) is -0.0962. The number of carbonyl (C=O) groups is 2. The number of amides is 2. The third kappa shape index (κ3) is 9.16. The molecule has 8 nitrogen and oxygen atoms in total. The van der Waals surface area contributed by atoms with Gasteiger partial charge in [0, 0.05) is 12.1 Å². The number of nitrogens with one attached hydrogen (secondary N) is 3. The highest BCUT2D eigenvalue weighted by Gasteiger charge is 2.29. The second kappa shape index (κ2) is 14.4. The van der Waals surface area contributed by atoms with E-state index in [4.69, 9.17) is 4.74 Å². The van der Waals surface area contributed by atoms with Gasteiger partial charge in [-0.3, -0.25) is 9.59 Å². The summed E-state index contributed by atoms with van der Waals surface area (Å²) >= 11 is 0. The molecule has 0 bridgehead atoms. The zero-order valence-corrected chi connectivity index (χ0v) is 22.9. The SMILES string of the molecule is COc1ccc(C[C@H](Nc2cccc(-c3ccccc3)c2)C(=O)N[C@@H](C)C(=O)N[C@H](CC(C)C)B(O)O)cc1. The minimum absolute atomic E-state index is 0.145. The smallest absolute Gasteiger partial charge is 0.475 e. The van der Waals surface area contributed by atoms with Gasteiger partial charge in [-0.2, -0.15) is 0 Å². The van der Waals surface area contributed by atoms with Crippen molar-refractivity contribution in [2.24, 2.45) is 5.92 Å². The molecule has 39 heavy (non-hydrogen) atoms. The lowest BCUT2D eigenvalue weighted by Gasteiger charge is -2.25. The highest BCUT2D eigenvalue weighted by molar-refractivity contribution is 6.43. The molecule has 0 fully saturated rings. The standard InChI is InChI=1S/C30H38BN3O5/c1-20(2)17-28(31(37)38)34-29(35)21(3)32-30(36)27(18-22-13-15-26(39-4)16-14-22)33-25-12-8-11-24(19-25)23-9-6-5-7-10-23/h5-16,19-21,27-28,33,37-38H,17-18H2,1-4H3,(H,32,36)(H,34,35)/t21-,27-,28+/m0/s1. The molecule has 0 saturated carbocycles. The van der Waals surface area contributed by atoms with Crippen LogP contribution in [0.25, 0.3) is 11.1 Å². The number of carbonyl (C=O) groups excluding carboxylic acids is 2. The van der Waals surface area contributed by atoms with Crippen molar-refractivity contribution in [3.05, 3.63) is 84.4 Å². The molecule has 0 radical (unpaired) electrons. The first-order valence-corrected chi connectivity index (χ1v) is 13.2. The topological polar surface area (TPSA) is 120 Å². The Balaban J connectivity index is 1.77. The summed E-state index contributed by atoms with van der Waals surface area (Å²) in [5, 5.41) is 28.1. The van der Waals surface area contributed by atoms with Crippen LogP contribution in [0.4, 0.5) is 5.69 Å². The van der Waals surface area contributed by atoms with Crippen LogP contribution >= 0.6 is 0 Å². The lowest BCUT2D eigenvalue weighted by atomic mass is 9.75. The number of rotatable bonds is 13. The maximum absolute atomic E-state index is 13.5. The van der Waals surface area contributed by atoms with E-state index >= 15 is 0 Å². The Morgan fingerprint density at radius 3 is 2.13 bits per heavy atom. The van der Waals surface area contributed by atoms with Gasteiger partial charge in [0.1, 0.15) is 17.8 Å². The van der Waals surface area contributed by atoms with Crippen molar-refractivity contribution < 1.29 is 24.4 Å². The van der Waals surface area contributed by atoms with Gasteiger partial charge in [0.25, 0.3) is 0 Å². The van der Waals surface area contributed by atoms with Crippen molar-refractivity contribution in [1.82, 2.24) is 10.6 Å². The number of ether oxygens (including phenoxy) is 1. The van der Waals surface area contributed by atoms with Gasteiger partial charge in [-0.1, -0.05) is 68.4 Å². The van der Waals surface area contributed by atoms with Crippen molar-refractivity contribution in [2.75, 3.05) is 12.4 Å². The molecule has 0 spiro atoms. The van der Waals surface area contributed by atoms with E-state index in [0.717, 1.165) is 28.1 Å². The van der Waals surface area contributed by atoms with Crippen LogP contribution in [0.5, 0.6) is 5.75 Å². The van der Waals surface area contributed by atoms with E-state index in [1.165, 1.54) is 0 Å². The molecule has 0 aromatic heterocycles. The zero-order valence-electron chi connectivity index (χ0n) is 22.9. The molecule has 0 unspecified atom stereocenters. The van der Waals surface area contributed by atoms with Gasteiger partial charge >= 0.3 is 7.12 Å². The summed E-state index contributed by atoms with van der Waals surface area (Å²) in [4.78, 5) is 26.3. The third-order valence-corrected chi connectivity index (χ3v) is 6.39. The largest absolute Gasteiger partial charge is 0.497 e. The average Bonchev–Trinajstić information content (AvgIpc) is 2.93. The number of benzene rings is 3. The summed E-state index contributed by atoms with van der Waals surface area (Å²) < 4.78 is 5.25. The van der Waals surface area contributed by atoms with Crippen LogP contribution in [0.3, 0.4) is 0 Å². The molecule has 5 N–H and O–H groups in total. The van der Waals surface area contributed by atoms with Crippen LogP contribution in [0.2, 0.25) is 0 Å². The van der Waals surface area contributed by atoms with Crippen LogP contribution < -0.4 is 20.7 Å². The molecule has 2 amide bonds. The van der Waals surface area contributed by atoms with Crippen molar-refractivity contribution in [2.45, 2.75) is 51.6 Å². The fourth-order valence-corrected chi connectivity index (χ4v) is 4.28. The summed E-state index contributed by atoms with van der Waals surface area (Å²) in [6.07, 6.45) is 0.758. The average molecular weight is 531 g/mol. The summed E-state index contributed by atoms with van der Waals surface area (Å²) in [5.74, 6) is -0.812. The first-order valence-electron chi connectivity index (χ1n) is 13.2. The minimum atomic E-state index is -1.69. The molecular weight excluding hydrogens is 493 g/mol. The summed E-state index contributed by atoms with van der Waals surface area (Å²) in [6.45, 7) is 5.42. The molecule has 9 heteroatoms. The Kier molecular flexibility index (Phi) is 11.0. The number of hydrogen-bond donors (Lipinski definition) is 5.